The molecule has 1 aromatic carbocycles. The number of nitrogens with one attached hydrogen (secondary N) is 3. The van der Waals surface area contributed by atoms with Crippen LogP contribution in [0.2, 0.25) is 0 Å². The van der Waals surface area contributed by atoms with Crippen LogP contribution < -0.4 is 10.6 Å². The van der Waals surface area contributed by atoms with Crippen LogP contribution in [-0.4, -0.2) is 39.8 Å². The molecular formula is C12H16N6. The highest BCUT2D eigenvalue weighted by atomic mass is 15.5. The van der Waals surface area contributed by atoms with E-state index in [1.54, 1.807) is 0 Å². The highest BCUT2D eigenvalue weighted by Gasteiger charge is 2.12. The van der Waals surface area contributed by atoms with Gasteiger partial charge in [-0.1, -0.05) is 12.1 Å². The molecule has 1 aliphatic heterocycles. The third-order valence-corrected chi connectivity index (χ3v) is 3.18. The first kappa shape index (κ1) is 11.2. The second-order valence-corrected chi connectivity index (χ2v) is 4.48. The smallest absolute Gasteiger partial charge is 0.204 e. The van der Waals surface area contributed by atoms with Crippen LogP contribution in [0.15, 0.2) is 24.3 Å². The van der Waals surface area contributed by atoms with Gasteiger partial charge >= 0.3 is 0 Å². The molecule has 3 rings (SSSR count). The van der Waals surface area contributed by atoms with E-state index in [1.807, 2.05) is 12.1 Å². The van der Waals surface area contributed by atoms with E-state index >= 15 is 0 Å². The highest BCUT2D eigenvalue weighted by molar-refractivity contribution is 5.61. The lowest BCUT2D eigenvalue weighted by atomic mass is 10.1. The molecule has 94 valence electrons. The number of hydrogen-bond donors (Lipinski definition) is 3. The molecule has 2 aromatic rings. The molecule has 6 nitrogen and oxygen atoms in total. The molecule has 0 amide bonds. The van der Waals surface area contributed by atoms with Crippen molar-refractivity contribution in [1.29, 1.82) is 0 Å². The minimum absolute atomic E-state index is 0.548. The quantitative estimate of drug-likeness (QED) is 0.751. The Balaban J connectivity index is 1.74. The van der Waals surface area contributed by atoms with E-state index in [1.165, 1.54) is 0 Å². The first-order valence-electron chi connectivity index (χ1n) is 6.23. The number of H-pyrrole nitrogens is 1. The summed E-state index contributed by atoms with van der Waals surface area (Å²) < 4.78 is 0. The summed E-state index contributed by atoms with van der Waals surface area (Å²) in [5.41, 5.74) is 2.09. The van der Waals surface area contributed by atoms with Crippen LogP contribution >= 0.6 is 0 Å². The van der Waals surface area contributed by atoms with E-state index in [-0.39, 0.29) is 0 Å². The molecule has 0 bridgehead atoms. The van der Waals surface area contributed by atoms with Crippen molar-refractivity contribution in [2.45, 2.75) is 18.9 Å². The van der Waals surface area contributed by atoms with E-state index in [2.05, 4.69) is 43.4 Å². The Morgan fingerprint density at radius 3 is 2.89 bits per heavy atom. The maximum absolute atomic E-state index is 3.99. The van der Waals surface area contributed by atoms with Gasteiger partial charge in [0.05, 0.1) is 0 Å². The summed E-state index contributed by atoms with van der Waals surface area (Å²) in [6, 6.07) is 8.68. The first-order valence-corrected chi connectivity index (χ1v) is 6.23. The van der Waals surface area contributed by atoms with Gasteiger partial charge in [-0.05, 0) is 43.3 Å². The van der Waals surface area contributed by atoms with Gasteiger partial charge in [-0.2, -0.15) is 5.21 Å². The van der Waals surface area contributed by atoms with Crippen molar-refractivity contribution in [2.75, 3.05) is 18.4 Å². The van der Waals surface area contributed by atoms with Gasteiger partial charge < -0.3 is 10.6 Å². The van der Waals surface area contributed by atoms with Crippen LogP contribution in [0.4, 0.5) is 5.69 Å². The fourth-order valence-corrected chi connectivity index (χ4v) is 2.23. The van der Waals surface area contributed by atoms with Crippen LogP contribution in [0.5, 0.6) is 0 Å². The third-order valence-electron chi connectivity index (χ3n) is 3.18. The molecule has 1 fully saturated rings. The van der Waals surface area contributed by atoms with Crippen LogP contribution in [0.25, 0.3) is 11.4 Å². The molecule has 1 saturated heterocycles. The summed E-state index contributed by atoms with van der Waals surface area (Å²) in [5, 5.41) is 20.9. The van der Waals surface area contributed by atoms with E-state index in [4.69, 9.17) is 0 Å². The minimum atomic E-state index is 0.548. The Morgan fingerprint density at radius 2 is 2.11 bits per heavy atom. The zero-order chi connectivity index (χ0) is 12.2. The first-order chi connectivity index (χ1) is 8.92. The number of aromatic amines is 1. The molecule has 0 radical (unpaired) electrons. The molecule has 0 saturated carbocycles. The number of rotatable bonds is 3. The number of benzene rings is 1. The number of hydrogen-bond acceptors (Lipinski definition) is 5. The largest absolute Gasteiger partial charge is 0.382 e. The van der Waals surface area contributed by atoms with Crippen molar-refractivity contribution in [2.24, 2.45) is 0 Å². The van der Waals surface area contributed by atoms with Gasteiger partial charge in [0.25, 0.3) is 0 Å². The Bertz CT molecular complexity index is 489. The average molecular weight is 244 g/mol. The number of tetrazole rings is 1. The van der Waals surface area contributed by atoms with Crippen LogP contribution in [0.3, 0.4) is 0 Å². The summed E-state index contributed by atoms with van der Waals surface area (Å²) in [5.74, 6) is 0.629. The SMILES string of the molecule is c1cc(NC2CCNCC2)cc(-c2nn[nH]n2)c1. The van der Waals surface area contributed by atoms with Crippen molar-refractivity contribution in [3.8, 4) is 11.4 Å². The normalized spacial score (nSPS) is 16.7. The third kappa shape index (κ3) is 2.48. The van der Waals surface area contributed by atoms with Crippen LogP contribution in [0, 0.1) is 0 Å². The molecule has 0 aliphatic carbocycles. The number of nitrogens with zero attached hydrogens (tertiary/aromatic N) is 3. The topological polar surface area (TPSA) is 78.5 Å². The van der Waals surface area contributed by atoms with Crippen molar-refractivity contribution in [1.82, 2.24) is 25.9 Å². The zero-order valence-electron chi connectivity index (χ0n) is 10.1. The summed E-state index contributed by atoms with van der Waals surface area (Å²) in [4.78, 5) is 0. The summed E-state index contributed by atoms with van der Waals surface area (Å²) in [6.45, 7) is 2.17. The summed E-state index contributed by atoms with van der Waals surface area (Å²) in [7, 11) is 0. The number of aromatic nitrogens is 4. The molecule has 2 heterocycles. The van der Waals surface area contributed by atoms with E-state index in [9.17, 15) is 0 Å². The fraction of sp³-hybridized carbons (Fsp3) is 0.417. The van der Waals surface area contributed by atoms with Gasteiger partial charge in [-0.15, -0.1) is 10.2 Å². The Kier molecular flexibility index (Phi) is 3.18. The van der Waals surface area contributed by atoms with Gasteiger partial charge in [0, 0.05) is 17.3 Å². The van der Waals surface area contributed by atoms with Gasteiger partial charge in [0.15, 0.2) is 0 Å². The highest BCUT2D eigenvalue weighted by Crippen LogP contribution is 2.20. The Morgan fingerprint density at radius 1 is 1.22 bits per heavy atom. The van der Waals surface area contributed by atoms with Gasteiger partial charge in [-0.25, -0.2) is 0 Å². The Labute approximate surface area is 105 Å². The predicted molar refractivity (Wildman–Crippen MR) is 69.1 cm³/mol. The van der Waals surface area contributed by atoms with E-state index in [0.717, 1.165) is 37.2 Å². The van der Waals surface area contributed by atoms with Crippen molar-refractivity contribution in [3.63, 3.8) is 0 Å². The van der Waals surface area contributed by atoms with Crippen molar-refractivity contribution >= 4 is 5.69 Å². The monoisotopic (exact) mass is 244 g/mol. The maximum Gasteiger partial charge on any atom is 0.204 e. The molecule has 1 aromatic heterocycles. The lowest BCUT2D eigenvalue weighted by Gasteiger charge is -2.24. The maximum atomic E-state index is 3.99. The van der Waals surface area contributed by atoms with Gasteiger partial charge in [0.1, 0.15) is 0 Å². The second-order valence-electron chi connectivity index (χ2n) is 4.48. The zero-order valence-corrected chi connectivity index (χ0v) is 10.1. The van der Waals surface area contributed by atoms with Gasteiger partial charge in [0.2, 0.25) is 5.82 Å². The van der Waals surface area contributed by atoms with Gasteiger partial charge in [-0.3, -0.25) is 0 Å². The molecule has 3 N–H and O–H groups in total. The van der Waals surface area contributed by atoms with E-state index in [0.29, 0.717) is 11.9 Å². The minimum Gasteiger partial charge on any atom is -0.382 e. The van der Waals surface area contributed by atoms with E-state index < -0.39 is 0 Å². The van der Waals surface area contributed by atoms with Crippen LogP contribution in [0.1, 0.15) is 12.8 Å². The molecule has 1 aliphatic rings. The van der Waals surface area contributed by atoms with Crippen molar-refractivity contribution in [3.05, 3.63) is 24.3 Å². The van der Waals surface area contributed by atoms with Crippen molar-refractivity contribution < 1.29 is 0 Å². The average Bonchev–Trinajstić information content (AvgIpc) is 2.94. The molecule has 0 atom stereocenters. The molecule has 18 heavy (non-hydrogen) atoms. The number of anilines is 1. The summed E-state index contributed by atoms with van der Waals surface area (Å²) in [6.07, 6.45) is 2.32. The lowest BCUT2D eigenvalue weighted by molar-refractivity contribution is 0.479. The molecule has 0 spiro atoms. The fourth-order valence-electron chi connectivity index (χ4n) is 2.23. The predicted octanol–water partition coefficient (Wildman–Crippen LogP) is 1.03. The molecule has 0 unspecified atom stereocenters. The second kappa shape index (κ2) is 5.14. The molecule has 6 heteroatoms. The summed E-state index contributed by atoms with van der Waals surface area (Å²) >= 11 is 0. The number of piperidine rings is 1. The lowest BCUT2D eigenvalue weighted by Crippen LogP contribution is -2.35. The van der Waals surface area contributed by atoms with Crippen LogP contribution in [-0.2, 0) is 0 Å². The molecular weight excluding hydrogens is 228 g/mol. The standard InChI is InChI=1S/C12H16N6/c1-2-9(12-15-17-18-16-12)8-11(3-1)14-10-4-6-13-7-5-10/h1-3,8,10,13-14H,4-7H2,(H,15,16,17,18). The Hall–Kier alpha value is -1.95.